The maximum absolute atomic E-state index is 12.2. The molecule has 1 aromatic heterocycles. The number of benzene rings is 2. The Morgan fingerprint density at radius 3 is 2.44 bits per heavy atom. The van der Waals surface area contributed by atoms with Gasteiger partial charge in [0, 0.05) is 41.3 Å². The van der Waals surface area contributed by atoms with E-state index in [4.69, 9.17) is 11.6 Å². The van der Waals surface area contributed by atoms with Gasteiger partial charge in [-0.1, -0.05) is 29.8 Å². The first-order valence-electron chi connectivity index (χ1n) is 8.03. The molecule has 0 fully saturated rings. The van der Waals surface area contributed by atoms with Gasteiger partial charge in [-0.25, -0.2) is 4.98 Å². The summed E-state index contributed by atoms with van der Waals surface area (Å²) in [5.74, 6) is -0.885. The summed E-state index contributed by atoms with van der Waals surface area (Å²) in [7, 11) is 3.78. The summed E-state index contributed by atoms with van der Waals surface area (Å²) >= 11 is 7.22. The number of anilines is 1. The van der Waals surface area contributed by atoms with Crippen LogP contribution in [0.1, 0.15) is 20.8 Å². The molecule has 8 heteroatoms. The molecule has 138 valence electrons. The number of nitrogens with one attached hydrogen (secondary N) is 2. The third-order valence-corrected chi connectivity index (χ3v) is 4.89. The molecule has 6 nitrogen and oxygen atoms in total. The number of aromatic nitrogens is 1. The maximum atomic E-state index is 12.2. The Kier molecular flexibility index (Phi) is 5.73. The number of carbonyl (C=O) groups excluding carboxylic acids is 2. The van der Waals surface area contributed by atoms with Crippen molar-refractivity contribution >= 4 is 40.4 Å². The Bertz CT molecular complexity index is 970. The zero-order valence-corrected chi connectivity index (χ0v) is 16.3. The lowest BCUT2D eigenvalue weighted by atomic mass is 10.2. The summed E-state index contributed by atoms with van der Waals surface area (Å²) < 4.78 is 0. The molecule has 0 radical (unpaired) electrons. The summed E-state index contributed by atoms with van der Waals surface area (Å²) in [6.07, 6.45) is 0. The third kappa shape index (κ3) is 4.64. The molecule has 27 heavy (non-hydrogen) atoms. The quantitative estimate of drug-likeness (QED) is 0.656. The lowest BCUT2D eigenvalue weighted by Gasteiger charge is -2.13. The molecule has 3 rings (SSSR count). The van der Waals surface area contributed by atoms with Crippen LogP contribution in [-0.4, -0.2) is 30.9 Å². The molecular weight excluding hydrogens is 384 g/mol. The molecule has 0 saturated carbocycles. The van der Waals surface area contributed by atoms with E-state index in [1.54, 1.807) is 35.7 Å². The normalized spacial score (nSPS) is 10.3. The Labute approximate surface area is 165 Å². The highest BCUT2D eigenvalue weighted by atomic mass is 35.5. The Morgan fingerprint density at radius 2 is 1.74 bits per heavy atom. The predicted molar refractivity (Wildman–Crippen MR) is 108 cm³/mol. The third-order valence-electron chi connectivity index (χ3n) is 3.74. The topological polar surface area (TPSA) is 74.3 Å². The lowest BCUT2D eigenvalue weighted by Crippen LogP contribution is -2.41. The van der Waals surface area contributed by atoms with Crippen LogP contribution in [-0.2, 0) is 0 Å². The van der Waals surface area contributed by atoms with Crippen molar-refractivity contribution in [2.75, 3.05) is 19.0 Å². The lowest BCUT2D eigenvalue weighted by molar-refractivity contribution is 0.0844. The van der Waals surface area contributed by atoms with E-state index in [-0.39, 0.29) is 5.69 Å². The van der Waals surface area contributed by atoms with Gasteiger partial charge in [0.1, 0.15) is 10.7 Å². The van der Waals surface area contributed by atoms with Crippen LogP contribution >= 0.6 is 22.9 Å². The number of amides is 2. The second-order valence-electron chi connectivity index (χ2n) is 5.90. The average Bonchev–Trinajstić information content (AvgIpc) is 3.16. The fourth-order valence-corrected chi connectivity index (χ4v) is 3.21. The molecule has 0 spiro atoms. The van der Waals surface area contributed by atoms with Crippen LogP contribution in [0.15, 0.2) is 53.9 Å². The van der Waals surface area contributed by atoms with Gasteiger partial charge in [0.25, 0.3) is 11.8 Å². The van der Waals surface area contributed by atoms with E-state index in [0.717, 1.165) is 11.3 Å². The number of halogens is 1. The molecule has 0 aliphatic carbocycles. The smallest absolute Gasteiger partial charge is 0.289 e. The largest absolute Gasteiger partial charge is 0.378 e. The minimum atomic E-state index is -0.483. The van der Waals surface area contributed by atoms with E-state index in [1.807, 2.05) is 37.2 Å². The van der Waals surface area contributed by atoms with Crippen LogP contribution in [0.4, 0.5) is 5.69 Å². The van der Waals surface area contributed by atoms with Crippen molar-refractivity contribution in [3.05, 3.63) is 70.2 Å². The molecule has 0 aliphatic heterocycles. The number of thiazole rings is 1. The summed E-state index contributed by atoms with van der Waals surface area (Å²) in [6, 6.07) is 14.3. The van der Waals surface area contributed by atoms with Crippen LogP contribution in [0, 0.1) is 0 Å². The number of hydrazine groups is 1. The van der Waals surface area contributed by atoms with E-state index >= 15 is 0 Å². The van der Waals surface area contributed by atoms with Gasteiger partial charge in [-0.2, -0.15) is 0 Å². The molecule has 0 saturated heterocycles. The summed E-state index contributed by atoms with van der Waals surface area (Å²) in [6.45, 7) is 0. The zero-order valence-electron chi connectivity index (χ0n) is 14.7. The van der Waals surface area contributed by atoms with Gasteiger partial charge in [-0.05, 0) is 30.3 Å². The van der Waals surface area contributed by atoms with Crippen LogP contribution < -0.4 is 15.8 Å². The van der Waals surface area contributed by atoms with Crippen molar-refractivity contribution in [3.63, 3.8) is 0 Å². The van der Waals surface area contributed by atoms with Gasteiger partial charge < -0.3 is 4.90 Å². The van der Waals surface area contributed by atoms with E-state index in [0.29, 0.717) is 15.6 Å². The summed E-state index contributed by atoms with van der Waals surface area (Å²) in [4.78, 5) is 30.7. The molecule has 0 atom stereocenters. The molecule has 2 aromatic carbocycles. The number of hydrogen-bond donors (Lipinski definition) is 2. The van der Waals surface area contributed by atoms with E-state index < -0.39 is 11.8 Å². The van der Waals surface area contributed by atoms with E-state index in [1.165, 1.54) is 11.3 Å². The first-order valence-corrected chi connectivity index (χ1v) is 9.29. The standard InChI is InChI=1S/C19H17ClN4O2S/c1-24(2)15-5-3-4-13(10-15)17(25)22-23-18(26)16-11-27-19(21-16)12-6-8-14(20)9-7-12/h3-11H,1-2H3,(H,22,25)(H,23,26). The Morgan fingerprint density at radius 1 is 1.04 bits per heavy atom. The van der Waals surface area contributed by atoms with E-state index in [9.17, 15) is 9.59 Å². The monoisotopic (exact) mass is 400 g/mol. The van der Waals surface area contributed by atoms with Crippen molar-refractivity contribution in [1.82, 2.24) is 15.8 Å². The van der Waals surface area contributed by atoms with Gasteiger partial charge >= 0.3 is 0 Å². The molecule has 2 amide bonds. The van der Waals surface area contributed by atoms with Crippen molar-refractivity contribution in [1.29, 1.82) is 0 Å². The molecule has 0 unspecified atom stereocenters. The number of hydrogen-bond acceptors (Lipinski definition) is 5. The van der Waals surface area contributed by atoms with Gasteiger partial charge in [0.05, 0.1) is 0 Å². The van der Waals surface area contributed by atoms with Gasteiger partial charge in [0.15, 0.2) is 0 Å². The fraction of sp³-hybridized carbons (Fsp3) is 0.105. The number of carbonyl (C=O) groups is 2. The van der Waals surface area contributed by atoms with E-state index in [2.05, 4.69) is 15.8 Å². The van der Waals surface area contributed by atoms with Crippen molar-refractivity contribution in [3.8, 4) is 10.6 Å². The highest BCUT2D eigenvalue weighted by Gasteiger charge is 2.14. The Hall–Kier alpha value is -2.90. The van der Waals surface area contributed by atoms with Crippen molar-refractivity contribution in [2.45, 2.75) is 0 Å². The first-order chi connectivity index (χ1) is 12.9. The van der Waals surface area contributed by atoms with Crippen LogP contribution in [0.2, 0.25) is 5.02 Å². The zero-order chi connectivity index (χ0) is 19.4. The summed E-state index contributed by atoms with van der Waals surface area (Å²) in [5, 5.41) is 2.97. The van der Waals surface area contributed by atoms with Crippen molar-refractivity contribution < 1.29 is 9.59 Å². The maximum Gasteiger partial charge on any atom is 0.289 e. The highest BCUT2D eigenvalue weighted by Crippen LogP contribution is 2.25. The van der Waals surface area contributed by atoms with Crippen LogP contribution in [0.5, 0.6) is 0 Å². The molecule has 0 bridgehead atoms. The minimum Gasteiger partial charge on any atom is -0.378 e. The second-order valence-corrected chi connectivity index (χ2v) is 7.19. The van der Waals surface area contributed by atoms with Crippen molar-refractivity contribution in [2.24, 2.45) is 0 Å². The predicted octanol–water partition coefficient (Wildman–Crippen LogP) is 3.60. The summed E-state index contributed by atoms with van der Waals surface area (Å²) in [5.41, 5.74) is 7.23. The number of rotatable bonds is 4. The molecule has 1 heterocycles. The van der Waals surface area contributed by atoms with Gasteiger partial charge in [-0.3, -0.25) is 20.4 Å². The fourth-order valence-electron chi connectivity index (χ4n) is 2.28. The first kappa shape index (κ1) is 18.9. The molecular formula is C19H17ClN4O2S. The minimum absolute atomic E-state index is 0.229. The van der Waals surface area contributed by atoms with Gasteiger partial charge in [0.2, 0.25) is 0 Å². The SMILES string of the molecule is CN(C)c1cccc(C(=O)NNC(=O)c2csc(-c3ccc(Cl)cc3)n2)c1. The average molecular weight is 401 g/mol. The van der Waals surface area contributed by atoms with Crippen LogP contribution in [0.3, 0.4) is 0 Å². The number of nitrogens with zero attached hydrogens (tertiary/aromatic N) is 2. The van der Waals surface area contributed by atoms with Gasteiger partial charge in [-0.15, -0.1) is 11.3 Å². The molecule has 2 N–H and O–H groups in total. The highest BCUT2D eigenvalue weighted by molar-refractivity contribution is 7.13. The molecule has 3 aromatic rings. The second kappa shape index (κ2) is 8.20. The van der Waals surface area contributed by atoms with Crippen LogP contribution in [0.25, 0.3) is 10.6 Å². The Balaban J connectivity index is 1.63. The molecule has 0 aliphatic rings.